The van der Waals surface area contributed by atoms with Crippen molar-refractivity contribution in [3.8, 4) is 0 Å². The van der Waals surface area contributed by atoms with E-state index in [0.29, 0.717) is 6.29 Å². The van der Waals surface area contributed by atoms with Gasteiger partial charge in [0.15, 0.2) is 0 Å². The van der Waals surface area contributed by atoms with Crippen molar-refractivity contribution in [3.63, 3.8) is 0 Å². The van der Waals surface area contributed by atoms with E-state index in [1.807, 2.05) is 14.1 Å². The predicted octanol–water partition coefficient (Wildman–Crippen LogP) is 0.0506. The molecular weight excluding hydrogens is 126 g/mol. The lowest BCUT2D eigenvalue weighted by molar-refractivity contribution is 0.165. The van der Waals surface area contributed by atoms with Gasteiger partial charge < -0.3 is 0 Å². The summed E-state index contributed by atoms with van der Waals surface area (Å²) in [5, 5.41) is 6.34. The van der Waals surface area contributed by atoms with Gasteiger partial charge >= 0.3 is 0 Å². The molecule has 0 aliphatic heterocycles. The SMILES string of the molecule is CCN(CC)C(NC)NC. The molecule has 0 fully saturated rings. The average Bonchev–Trinajstić information content (AvgIpc) is 2.00. The van der Waals surface area contributed by atoms with Crippen molar-refractivity contribution in [1.29, 1.82) is 0 Å². The van der Waals surface area contributed by atoms with Gasteiger partial charge in [-0.1, -0.05) is 13.8 Å². The van der Waals surface area contributed by atoms with Crippen LogP contribution < -0.4 is 10.6 Å². The molecule has 0 spiro atoms. The first-order chi connectivity index (χ1) is 4.79. The summed E-state index contributed by atoms with van der Waals surface area (Å²) in [4.78, 5) is 2.31. The molecule has 0 aromatic carbocycles. The normalized spacial score (nSPS) is 11.4. The summed E-state index contributed by atoms with van der Waals surface area (Å²) in [6.45, 7) is 6.46. The van der Waals surface area contributed by atoms with E-state index in [2.05, 4.69) is 29.4 Å². The number of nitrogens with zero attached hydrogens (tertiary/aromatic N) is 1. The highest BCUT2D eigenvalue weighted by Crippen LogP contribution is 1.89. The van der Waals surface area contributed by atoms with Gasteiger partial charge in [0.05, 0.1) is 0 Å². The summed E-state index contributed by atoms with van der Waals surface area (Å²) in [5.74, 6) is 0. The second-order valence-electron chi connectivity index (χ2n) is 2.20. The highest BCUT2D eigenvalue weighted by atomic mass is 15.4. The van der Waals surface area contributed by atoms with Crippen molar-refractivity contribution in [1.82, 2.24) is 15.5 Å². The fourth-order valence-electron chi connectivity index (χ4n) is 1.10. The summed E-state index contributed by atoms with van der Waals surface area (Å²) >= 11 is 0. The molecule has 0 saturated heterocycles. The minimum Gasteiger partial charge on any atom is -0.293 e. The second-order valence-corrected chi connectivity index (χ2v) is 2.20. The average molecular weight is 145 g/mol. The molecule has 0 rings (SSSR count). The third-order valence-electron chi connectivity index (χ3n) is 1.72. The molecular formula is C7H19N3. The topological polar surface area (TPSA) is 27.3 Å². The zero-order valence-corrected chi connectivity index (χ0v) is 7.44. The van der Waals surface area contributed by atoms with Gasteiger partial charge in [-0.15, -0.1) is 0 Å². The lowest BCUT2D eigenvalue weighted by atomic mass is 10.5. The Kier molecular flexibility index (Phi) is 5.58. The minimum atomic E-state index is 0.315. The van der Waals surface area contributed by atoms with E-state index in [0.717, 1.165) is 13.1 Å². The van der Waals surface area contributed by atoms with Gasteiger partial charge in [-0.3, -0.25) is 15.5 Å². The summed E-state index contributed by atoms with van der Waals surface area (Å²) in [6, 6.07) is 0. The van der Waals surface area contributed by atoms with Crippen LogP contribution >= 0.6 is 0 Å². The van der Waals surface area contributed by atoms with E-state index in [4.69, 9.17) is 0 Å². The number of nitrogens with one attached hydrogen (secondary N) is 2. The van der Waals surface area contributed by atoms with E-state index in [1.54, 1.807) is 0 Å². The van der Waals surface area contributed by atoms with Crippen LogP contribution in [0.25, 0.3) is 0 Å². The van der Waals surface area contributed by atoms with Crippen molar-refractivity contribution >= 4 is 0 Å². The zero-order chi connectivity index (χ0) is 7.98. The molecule has 0 saturated carbocycles. The molecule has 0 aliphatic carbocycles. The number of rotatable bonds is 5. The molecule has 3 nitrogen and oxygen atoms in total. The van der Waals surface area contributed by atoms with Gasteiger partial charge in [-0.25, -0.2) is 0 Å². The molecule has 0 amide bonds. The molecule has 0 aromatic heterocycles. The van der Waals surface area contributed by atoms with Gasteiger partial charge in [-0.05, 0) is 27.2 Å². The maximum absolute atomic E-state index is 3.17. The van der Waals surface area contributed by atoms with E-state index in [1.165, 1.54) is 0 Å². The van der Waals surface area contributed by atoms with Crippen LogP contribution in [0, 0.1) is 0 Å². The fourth-order valence-corrected chi connectivity index (χ4v) is 1.10. The minimum absolute atomic E-state index is 0.315. The highest BCUT2D eigenvalue weighted by Gasteiger charge is 2.08. The van der Waals surface area contributed by atoms with Gasteiger partial charge in [-0.2, -0.15) is 0 Å². The van der Waals surface area contributed by atoms with Crippen LogP contribution in [0.15, 0.2) is 0 Å². The van der Waals surface area contributed by atoms with Gasteiger partial charge in [0.25, 0.3) is 0 Å². The van der Waals surface area contributed by atoms with Crippen molar-refractivity contribution in [2.45, 2.75) is 20.1 Å². The summed E-state index contributed by atoms with van der Waals surface area (Å²) in [6.07, 6.45) is 0.315. The highest BCUT2D eigenvalue weighted by molar-refractivity contribution is 4.59. The first kappa shape index (κ1) is 9.88. The standard InChI is InChI=1S/C7H19N3/c1-5-10(6-2)7(8-3)9-4/h7-9H,5-6H2,1-4H3. The Morgan fingerprint density at radius 1 is 1.10 bits per heavy atom. The molecule has 10 heavy (non-hydrogen) atoms. The Morgan fingerprint density at radius 3 is 1.60 bits per heavy atom. The van der Waals surface area contributed by atoms with Crippen molar-refractivity contribution < 1.29 is 0 Å². The fraction of sp³-hybridized carbons (Fsp3) is 1.00. The van der Waals surface area contributed by atoms with E-state index >= 15 is 0 Å². The largest absolute Gasteiger partial charge is 0.293 e. The molecule has 0 bridgehead atoms. The first-order valence-corrected chi connectivity index (χ1v) is 3.88. The van der Waals surface area contributed by atoms with Crippen molar-refractivity contribution in [3.05, 3.63) is 0 Å². The Hall–Kier alpha value is -0.120. The summed E-state index contributed by atoms with van der Waals surface area (Å²) in [7, 11) is 3.92. The Labute approximate surface area is 63.8 Å². The molecule has 0 aliphatic rings. The van der Waals surface area contributed by atoms with Crippen LogP contribution in [-0.2, 0) is 0 Å². The van der Waals surface area contributed by atoms with Crippen molar-refractivity contribution in [2.24, 2.45) is 0 Å². The quantitative estimate of drug-likeness (QED) is 0.535. The number of hydrogen-bond acceptors (Lipinski definition) is 3. The Balaban J connectivity index is 3.70. The molecule has 0 heterocycles. The smallest absolute Gasteiger partial charge is 0.113 e. The van der Waals surface area contributed by atoms with Crippen molar-refractivity contribution in [2.75, 3.05) is 27.2 Å². The number of hydrogen-bond donors (Lipinski definition) is 2. The molecule has 0 aromatic rings. The lowest BCUT2D eigenvalue weighted by Crippen LogP contribution is -2.52. The van der Waals surface area contributed by atoms with Gasteiger partial charge in [0.1, 0.15) is 6.29 Å². The van der Waals surface area contributed by atoms with E-state index in [-0.39, 0.29) is 0 Å². The molecule has 3 heteroatoms. The monoisotopic (exact) mass is 145 g/mol. The van der Waals surface area contributed by atoms with E-state index in [9.17, 15) is 0 Å². The maximum atomic E-state index is 3.17. The Bertz CT molecular complexity index is 57.3. The molecule has 0 unspecified atom stereocenters. The lowest BCUT2D eigenvalue weighted by Gasteiger charge is -2.28. The molecule has 62 valence electrons. The van der Waals surface area contributed by atoms with E-state index < -0.39 is 0 Å². The Morgan fingerprint density at radius 2 is 1.50 bits per heavy atom. The summed E-state index contributed by atoms with van der Waals surface area (Å²) < 4.78 is 0. The van der Waals surface area contributed by atoms with Crippen LogP contribution in [0.4, 0.5) is 0 Å². The van der Waals surface area contributed by atoms with Crippen LogP contribution in [0.5, 0.6) is 0 Å². The zero-order valence-electron chi connectivity index (χ0n) is 7.44. The first-order valence-electron chi connectivity index (χ1n) is 3.88. The third-order valence-corrected chi connectivity index (χ3v) is 1.72. The van der Waals surface area contributed by atoms with Crippen LogP contribution in [0.2, 0.25) is 0 Å². The van der Waals surface area contributed by atoms with Crippen LogP contribution in [-0.4, -0.2) is 38.4 Å². The van der Waals surface area contributed by atoms with Crippen LogP contribution in [0.3, 0.4) is 0 Å². The third kappa shape index (κ3) is 2.64. The molecule has 2 N–H and O–H groups in total. The molecule has 0 radical (unpaired) electrons. The summed E-state index contributed by atoms with van der Waals surface area (Å²) in [5.41, 5.74) is 0. The maximum Gasteiger partial charge on any atom is 0.113 e. The van der Waals surface area contributed by atoms with Crippen LogP contribution in [0.1, 0.15) is 13.8 Å². The second kappa shape index (κ2) is 5.65. The predicted molar refractivity (Wildman–Crippen MR) is 44.8 cm³/mol. The van der Waals surface area contributed by atoms with Gasteiger partial charge in [0, 0.05) is 0 Å². The van der Waals surface area contributed by atoms with Gasteiger partial charge in [0.2, 0.25) is 0 Å². The molecule has 0 atom stereocenters.